The van der Waals surface area contributed by atoms with Crippen LogP contribution in [0, 0.1) is 12.3 Å². The Hall–Kier alpha value is -0.940. The van der Waals surface area contributed by atoms with Crippen LogP contribution < -0.4 is 5.73 Å². The zero-order chi connectivity index (χ0) is 14.6. The molecule has 0 aliphatic rings. The Morgan fingerprint density at radius 1 is 1.47 bits per heavy atom. The third kappa shape index (κ3) is 4.28. The summed E-state index contributed by atoms with van der Waals surface area (Å²) in [7, 11) is 1.83. The van der Waals surface area contributed by atoms with E-state index in [0.29, 0.717) is 13.1 Å². The highest BCUT2D eigenvalue weighted by atomic mass is 32.1. The highest BCUT2D eigenvalue weighted by molar-refractivity contribution is 7.13. The summed E-state index contributed by atoms with van der Waals surface area (Å²) in [6, 6.07) is 0. The van der Waals surface area contributed by atoms with Gasteiger partial charge in [0.2, 0.25) is 0 Å². The number of carbonyl (C=O) groups is 1. The molecule has 0 radical (unpaired) electrons. The Bertz CT molecular complexity index is 440. The standard InChI is InChI=1S/C14H25N3OS/c1-6-7-11-16-10(2)12(19-11)13(18)17(5)9-14(3,4)8-15/h6-9,15H2,1-5H3. The van der Waals surface area contributed by atoms with Crippen molar-refractivity contribution >= 4 is 17.2 Å². The molecule has 2 N–H and O–H groups in total. The topological polar surface area (TPSA) is 59.2 Å². The fraction of sp³-hybridized carbons (Fsp3) is 0.714. The zero-order valence-electron chi connectivity index (χ0n) is 12.6. The first-order valence-electron chi connectivity index (χ1n) is 6.72. The molecular formula is C14H25N3OS. The van der Waals surface area contributed by atoms with Gasteiger partial charge in [-0.2, -0.15) is 0 Å². The number of nitrogens with two attached hydrogens (primary N) is 1. The summed E-state index contributed by atoms with van der Waals surface area (Å²) < 4.78 is 0. The molecule has 0 fully saturated rings. The second-order valence-corrected chi connectivity index (χ2v) is 6.89. The molecule has 1 aromatic heterocycles. The van der Waals surface area contributed by atoms with Crippen LogP contribution in [-0.2, 0) is 6.42 Å². The summed E-state index contributed by atoms with van der Waals surface area (Å²) in [5, 5.41) is 1.05. The van der Waals surface area contributed by atoms with Crippen LogP contribution in [0.1, 0.15) is 47.6 Å². The normalized spacial score (nSPS) is 11.7. The first kappa shape index (κ1) is 16.1. The van der Waals surface area contributed by atoms with Crippen LogP contribution in [0.25, 0.3) is 0 Å². The predicted octanol–water partition coefficient (Wildman–Crippen LogP) is 2.46. The van der Waals surface area contributed by atoms with E-state index in [-0.39, 0.29) is 11.3 Å². The molecular weight excluding hydrogens is 258 g/mol. The molecule has 1 heterocycles. The van der Waals surface area contributed by atoms with Crippen LogP contribution in [0.2, 0.25) is 0 Å². The smallest absolute Gasteiger partial charge is 0.265 e. The summed E-state index contributed by atoms with van der Waals surface area (Å²) in [6.07, 6.45) is 1.99. The minimum absolute atomic E-state index is 0.0545. The summed E-state index contributed by atoms with van der Waals surface area (Å²) in [6.45, 7) is 9.38. The average molecular weight is 283 g/mol. The molecule has 108 valence electrons. The maximum Gasteiger partial charge on any atom is 0.265 e. The number of thiazole rings is 1. The Morgan fingerprint density at radius 3 is 2.63 bits per heavy atom. The minimum Gasteiger partial charge on any atom is -0.340 e. The number of amides is 1. The lowest BCUT2D eigenvalue weighted by molar-refractivity contribution is 0.0744. The number of hydrogen-bond acceptors (Lipinski definition) is 4. The van der Waals surface area contributed by atoms with E-state index in [9.17, 15) is 4.79 Å². The average Bonchev–Trinajstić information content (AvgIpc) is 2.69. The van der Waals surface area contributed by atoms with Gasteiger partial charge in [0.1, 0.15) is 4.88 Å². The number of aromatic nitrogens is 1. The molecule has 5 heteroatoms. The van der Waals surface area contributed by atoms with Crippen molar-refractivity contribution in [1.29, 1.82) is 0 Å². The van der Waals surface area contributed by atoms with Crippen molar-refractivity contribution < 1.29 is 4.79 Å². The van der Waals surface area contributed by atoms with E-state index >= 15 is 0 Å². The van der Waals surface area contributed by atoms with E-state index in [0.717, 1.165) is 28.4 Å². The highest BCUT2D eigenvalue weighted by Gasteiger charge is 2.24. The number of aryl methyl sites for hydroxylation is 2. The van der Waals surface area contributed by atoms with E-state index < -0.39 is 0 Å². The van der Waals surface area contributed by atoms with Gasteiger partial charge in [0.15, 0.2) is 0 Å². The largest absolute Gasteiger partial charge is 0.340 e. The second-order valence-electron chi connectivity index (χ2n) is 5.80. The molecule has 19 heavy (non-hydrogen) atoms. The number of hydrogen-bond donors (Lipinski definition) is 1. The lowest BCUT2D eigenvalue weighted by Crippen LogP contribution is -2.39. The van der Waals surface area contributed by atoms with Crippen molar-refractivity contribution in [2.45, 2.75) is 40.5 Å². The van der Waals surface area contributed by atoms with Crippen LogP contribution >= 0.6 is 11.3 Å². The van der Waals surface area contributed by atoms with E-state index in [4.69, 9.17) is 5.73 Å². The third-order valence-electron chi connectivity index (χ3n) is 3.06. The Balaban J connectivity index is 2.82. The fourth-order valence-corrected chi connectivity index (χ4v) is 3.08. The van der Waals surface area contributed by atoms with Crippen LogP contribution in [0.5, 0.6) is 0 Å². The molecule has 0 saturated heterocycles. The summed E-state index contributed by atoms with van der Waals surface area (Å²) >= 11 is 1.52. The van der Waals surface area contributed by atoms with Gasteiger partial charge in [-0.1, -0.05) is 20.8 Å². The molecule has 0 aromatic carbocycles. The van der Waals surface area contributed by atoms with Gasteiger partial charge in [0.05, 0.1) is 10.7 Å². The van der Waals surface area contributed by atoms with Gasteiger partial charge in [-0.05, 0) is 31.7 Å². The molecule has 0 unspecified atom stereocenters. The highest BCUT2D eigenvalue weighted by Crippen LogP contribution is 2.22. The quantitative estimate of drug-likeness (QED) is 0.872. The number of rotatable bonds is 6. The maximum absolute atomic E-state index is 12.4. The Morgan fingerprint density at radius 2 is 2.11 bits per heavy atom. The van der Waals surface area contributed by atoms with E-state index in [1.54, 1.807) is 4.90 Å². The molecule has 1 amide bonds. The monoisotopic (exact) mass is 283 g/mol. The van der Waals surface area contributed by atoms with Crippen LogP contribution in [0.4, 0.5) is 0 Å². The van der Waals surface area contributed by atoms with Gasteiger partial charge in [-0.3, -0.25) is 4.79 Å². The molecule has 0 aliphatic carbocycles. The SMILES string of the molecule is CCCc1nc(C)c(C(=O)N(C)CC(C)(C)CN)s1. The van der Waals surface area contributed by atoms with Crippen molar-refractivity contribution in [1.82, 2.24) is 9.88 Å². The molecule has 0 bridgehead atoms. The van der Waals surface area contributed by atoms with Gasteiger partial charge in [-0.15, -0.1) is 11.3 Å². The molecule has 0 atom stereocenters. The first-order valence-corrected chi connectivity index (χ1v) is 7.54. The minimum atomic E-state index is -0.0603. The van der Waals surface area contributed by atoms with Gasteiger partial charge >= 0.3 is 0 Å². The summed E-state index contributed by atoms with van der Waals surface area (Å²) in [4.78, 5) is 19.4. The van der Waals surface area contributed by atoms with Gasteiger partial charge in [-0.25, -0.2) is 4.98 Å². The maximum atomic E-state index is 12.4. The van der Waals surface area contributed by atoms with Crippen molar-refractivity contribution in [2.24, 2.45) is 11.1 Å². The number of nitrogens with zero attached hydrogens (tertiary/aromatic N) is 2. The zero-order valence-corrected chi connectivity index (χ0v) is 13.4. The molecule has 0 spiro atoms. The Kier molecular flexibility index (Phi) is 5.50. The third-order valence-corrected chi connectivity index (χ3v) is 4.27. The van der Waals surface area contributed by atoms with Crippen LogP contribution in [0.15, 0.2) is 0 Å². The van der Waals surface area contributed by atoms with E-state index in [2.05, 4.69) is 25.8 Å². The lowest BCUT2D eigenvalue weighted by atomic mass is 9.93. The van der Waals surface area contributed by atoms with Crippen molar-refractivity contribution in [3.63, 3.8) is 0 Å². The second kappa shape index (κ2) is 6.48. The predicted molar refractivity (Wildman–Crippen MR) is 80.6 cm³/mol. The first-order chi connectivity index (χ1) is 8.80. The molecule has 1 aromatic rings. The molecule has 1 rings (SSSR count). The van der Waals surface area contributed by atoms with E-state index in [1.807, 2.05) is 14.0 Å². The fourth-order valence-electron chi connectivity index (χ4n) is 1.92. The lowest BCUT2D eigenvalue weighted by Gasteiger charge is -2.28. The van der Waals surface area contributed by atoms with Gasteiger partial charge in [0, 0.05) is 13.6 Å². The van der Waals surface area contributed by atoms with Crippen LogP contribution in [-0.4, -0.2) is 35.9 Å². The summed E-state index contributed by atoms with van der Waals surface area (Å²) in [5.41, 5.74) is 6.50. The number of carbonyl (C=O) groups excluding carboxylic acids is 1. The van der Waals surface area contributed by atoms with Gasteiger partial charge in [0.25, 0.3) is 5.91 Å². The molecule has 0 aliphatic heterocycles. The van der Waals surface area contributed by atoms with Crippen molar-refractivity contribution in [3.05, 3.63) is 15.6 Å². The molecule has 0 saturated carbocycles. The van der Waals surface area contributed by atoms with Crippen molar-refractivity contribution in [2.75, 3.05) is 20.1 Å². The summed E-state index contributed by atoms with van der Waals surface area (Å²) in [5.74, 6) is 0.0545. The van der Waals surface area contributed by atoms with E-state index in [1.165, 1.54) is 11.3 Å². The van der Waals surface area contributed by atoms with Crippen molar-refractivity contribution in [3.8, 4) is 0 Å². The Labute approximate surface area is 120 Å². The van der Waals surface area contributed by atoms with Gasteiger partial charge < -0.3 is 10.6 Å². The molecule has 4 nitrogen and oxygen atoms in total. The van der Waals surface area contributed by atoms with Crippen LogP contribution in [0.3, 0.4) is 0 Å².